The predicted octanol–water partition coefficient (Wildman–Crippen LogP) is 44.1. The van der Waals surface area contributed by atoms with Gasteiger partial charge >= 0.3 is 0 Å². The number of hydrogen-bond acceptors (Lipinski definition) is 0. The van der Waals surface area contributed by atoms with Crippen molar-refractivity contribution >= 4 is 21.5 Å². The van der Waals surface area contributed by atoms with Crippen LogP contribution in [0.5, 0.6) is 0 Å². The topological polar surface area (TPSA) is 0 Å². The van der Waals surface area contributed by atoms with E-state index in [1.807, 2.05) is 222 Å². The molecule has 0 aromatic heterocycles. The van der Waals surface area contributed by atoms with Crippen molar-refractivity contribution < 1.29 is 0 Å². The minimum Gasteiger partial charge on any atom is -0.0683 e. The minimum atomic E-state index is -0.243. The molecule has 0 fully saturated rings. The van der Waals surface area contributed by atoms with Crippen molar-refractivity contribution in [2.24, 2.45) is 0 Å². The fourth-order valence-corrected chi connectivity index (χ4v) is 22.7. The van der Waals surface area contributed by atoms with Crippen molar-refractivity contribution in [3.8, 4) is 89.0 Å². The highest BCUT2D eigenvalue weighted by atomic mass is 14.6. The molecule has 4 spiro atoms. The van der Waals surface area contributed by atoms with Crippen molar-refractivity contribution in [3.05, 3.63) is 500 Å². The summed E-state index contributed by atoms with van der Waals surface area (Å²) in [6, 6.07) is 144. The lowest BCUT2D eigenvalue weighted by Crippen LogP contribution is -2.26. The molecule has 0 amide bonds. The first-order valence-corrected chi connectivity index (χ1v) is 55.7. The molecule has 748 valence electrons. The average molecular weight is 1900 g/mol. The van der Waals surface area contributed by atoms with E-state index in [0.717, 1.165) is 0 Å². The normalized spacial score (nSPS) is 13.3. The summed E-state index contributed by atoms with van der Waals surface area (Å²) in [5, 5.41) is 5.30. The third kappa shape index (κ3) is 19.6. The molecule has 0 bridgehead atoms. The third-order valence-electron chi connectivity index (χ3n) is 26.7. The second kappa shape index (κ2) is 56.5. The Balaban J connectivity index is 0.000000238. The number of fused-ring (bicyclic) bond motifs is 44. The smallest absolute Gasteiger partial charge is 0.0683 e. The van der Waals surface area contributed by atoms with E-state index in [-0.39, 0.29) is 21.7 Å². The SMILES string of the molecule is CC.CC.CC.CC.CC.CC.CC.CC.CC.CC.CC.CC.CC.CC.CC.CC.Cc1ccc2c(c1)-c1ccccc1C21c2ccccc2-c2ccccc21.Cc1ccc2c(c1)C1(c3ccccc3-2)c2ccccc2-c2c1ccc1ccccc21.Cc1cccc2c1-c1ccccc1C21c2ccccc2-c2ccccc21.Cc1cccc2c1C1(c3ccccc3-2)c2ccccc2-c2c1ccc1ccccc21. The van der Waals surface area contributed by atoms with Crippen molar-refractivity contribution in [1.82, 2.24) is 0 Å². The zero-order valence-corrected chi connectivity index (χ0v) is 95.0. The molecule has 8 aliphatic rings. The maximum Gasteiger partial charge on any atom is 0.0728 e. The van der Waals surface area contributed by atoms with Crippen LogP contribution in [0.25, 0.3) is 111 Å². The number of benzene rings is 18. The van der Waals surface area contributed by atoms with Crippen LogP contribution in [0.4, 0.5) is 0 Å². The Bertz CT molecular complexity index is 7000. The van der Waals surface area contributed by atoms with Gasteiger partial charge in [-0.25, -0.2) is 0 Å². The summed E-state index contributed by atoms with van der Waals surface area (Å²) < 4.78 is 0. The van der Waals surface area contributed by atoms with Crippen LogP contribution in [-0.4, -0.2) is 0 Å². The van der Waals surface area contributed by atoms with Crippen LogP contribution in [-0.2, 0) is 21.7 Å². The highest BCUT2D eigenvalue weighted by Crippen LogP contribution is 2.69. The molecular weight excluding hydrogens is 1730 g/mol. The summed E-state index contributed by atoms with van der Waals surface area (Å²) in [5.41, 5.74) is 49.2. The van der Waals surface area contributed by atoms with Gasteiger partial charge in [0, 0.05) is 0 Å². The zero-order chi connectivity index (χ0) is 106. The van der Waals surface area contributed by atoms with Crippen LogP contribution >= 0.6 is 0 Å². The lowest BCUT2D eigenvalue weighted by molar-refractivity contribution is 0.787. The third-order valence-corrected chi connectivity index (χ3v) is 26.7. The van der Waals surface area contributed by atoms with Crippen molar-refractivity contribution in [2.45, 2.75) is 271 Å². The second-order valence-corrected chi connectivity index (χ2v) is 32.0. The van der Waals surface area contributed by atoms with Gasteiger partial charge < -0.3 is 0 Å². The van der Waals surface area contributed by atoms with E-state index in [0.29, 0.717) is 0 Å². The quantitative estimate of drug-likeness (QED) is 0.142. The van der Waals surface area contributed by atoms with E-state index in [9.17, 15) is 0 Å². The Morgan fingerprint density at radius 1 is 0.125 bits per heavy atom. The van der Waals surface area contributed by atoms with E-state index in [1.54, 1.807) is 0 Å². The molecule has 0 aliphatic heterocycles. The molecule has 8 aliphatic carbocycles. The number of hydrogen-bond donors (Lipinski definition) is 0. The Morgan fingerprint density at radius 3 is 0.701 bits per heavy atom. The van der Waals surface area contributed by atoms with Gasteiger partial charge in [-0.15, -0.1) is 0 Å². The van der Waals surface area contributed by atoms with Gasteiger partial charge in [-0.05, 0) is 238 Å². The van der Waals surface area contributed by atoms with Gasteiger partial charge in [-0.1, -0.05) is 621 Å². The molecule has 0 heterocycles. The predicted molar refractivity (Wildman–Crippen MR) is 646 cm³/mol. The highest BCUT2D eigenvalue weighted by Gasteiger charge is 2.57. The van der Waals surface area contributed by atoms with Gasteiger partial charge in [0.05, 0.1) is 21.7 Å². The summed E-state index contributed by atoms with van der Waals surface area (Å²) in [6.07, 6.45) is 0. The first-order chi connectivity index (χ1) is 71.3. The van der Waals surface area contributed by atoms with E-state index >= 15 is 0 Å². The summed E-state index contributed by atoms with van der Waals surface area (Å²) in [5.74, 6) is 0. The summed E-state index contributed by atoms with van der Waals surface area (Å²) in [4.78, 5) is 0. The average Bonchev–Trinajstić information content (AvgIpc) is 1.51. The number of rotatable bonds is 0. The van der Waals surface area contributed by atoms with Gasteiger partial charge in [0.2, 0.25) is 0 Å². The van der Waals surface area contributed by atoms with Crippen LogP contribution in [0, 0.1) is 27.7 Å². The standard InChI is InChI=1S/2C30H20.2C26H18.16C2H6/c1-19-9-8-14-23-22-12-4-6-15-25(22)30(29(19)23)26-16-7-5-13-24(26)28-21-11-3-2-10-20(21)17-18-27(28)30;1-19-14-16-23-22-10-4-6-12-25(22)30(28(23)18-19)26-13-7-5-11-24(26)29-21-9-3-2-8-20(21)15-17-27(29)30;1-17-9-8-16-24-25(17)20-12-4-7-15-23(20)26(24)21-13-5-2-10-18(21)19-11-3-6-14-22(19)26;1-17-14-15-25-21(16-17)20-10-4-7-13-24(20)26(25)22-11-5-2-8-18(22)19-9-3-6-12-23(19)26;16*1-2/h2*2-18H,1H3;2*2-16H,1H3;16*1-2H3. The van der Waals surface area contributed by atoms with E-state index in [4.69, 9.17) is 0 Å². The molecular formula is C144H172. The Labute approximate surface area is 874 Å². The summed E-state index contributed by atoms with van der Waals surface area (Å²) in [6.45, 7) is 72.9. The Hall–Kier alpha value is -13.5. The van der Waals surface area contributed by atoms with Gasteiger partial charge in [-0.2, -0.15) is 0 Å². The molecule has 18 aromatic carbocycles. The number of aryl methyl sites for hydroxylation is 4. The first-order valence-electron chi connectivity index (χ1n) is 55.7. The van der Waals surface area contributed by atoms with Crippen molar-refractivity contribution in [3.63, 3.8) is 0 Å². The Kier molecular flexibility index (Phi) is 46.1. The molecule has 0 heteroatoms. The molecule has 144 heavy (non-hydrogen) atoms. The zero-order valence-electron chi connectivity index (χ0n) is 95.0. The minimum absolute atomic E-state index is 0.188. The van der Waals surface area contributed by atoms with Crippen LogP contribution in [0.15, 0.2) is 388 Å². The lowest BCUT2D eigenvalue weighted by atomic mass is 9.69. The van der Waals surface area contributed by atoms with E-state index < -0.39 is 0 Å². The maximum atomic E-state index is 2.41. The molecule has 2 atom stereocenters. The molecule has 0 radical (unpaired) electrons. The van der Waals surface area contributed by atoms with Gasteiger partial charge in [0.15, 0.2) is 0 Å². The monoisotopic (exact) mass is 1900 g/mol. The molecule has 18 aromatic rings. The lowest BCUT2D eigenvalue weighted by Gasteiger charge is -2.31. The van der Waals surface area contributed by atoms with Gasteiger partial charge in [-0.3, -0.25) is 0 Å². The summed E-state index contributed by atoms with van der Waals surface area (Å²) in [7, 11) is 0. The molecule has 0 saturated carbocycles. The van der Waals surface area contributed by atoms with Crippen LogP contribution < -0.4 is 0 Å². The van der Waals surface area contributed by atoms with Crippen LogP contribution in [0.3, 0.4) is 0 Å². The second-order valence-electron chi connectivity index (χ2n) is 32.0. The van der Waals surface area contributed by atoms with Crippen molar-refractivity contribution in [1.29, 1.82) is 0 Å². The molecule has 26 rings (SSSR count). The van der Waals surface area contributed by atoms with Crippen LogP contribution in [0.1, 0.15) is 333 Å². The van der Waals surface area contributed by atoms with Gasteiger partial charge in [0.25, 0.3) is 0 Å². The van der Waals surface area contributed by atoms with Crippen LogP contribution in [0.2, 0.25) is 0 Å². The maximum absolute atomic E-state index is 2.41. The first kappa shape index (κ1) is 117. The van der Waals surface area contributed by atoms with Crippen molar-refractivity contribution in [2.75, 3.05) is 0 Å². The molecule has 0 N–H and O–H groups in total. The fourth-order valence-electron chi connectivity index (χ4n) is 22.7. The molecule has 0 saturated heterocycles. The Morgan fingerprint density at radius 2 is 0.333 bits per heavy atom. The summed E-state index contributed by atoms with van der Waals surface area (Å²) >= 11 is 0. The van der Waals surface area contributed by atoms with Gasteiger partial charge in [0.1, 0.15) is 0 Å². The van der Waals surface area contributed by atoms with E-state index in [2.05, 4.69) is 416 Å². The fraction of sp³-hybridized carbons (Fsp3) is 0.278. The molecule has 2 unspecified atom stereocenters. The van der Waals surface area contributed by atoms with E-state index in [1.165, 1.54) is 222 Å². The largest absolute Gasteiger partial charge is 0.0728 e. The highest BCUT2D eigenvalue weighted by molar-refractivity contribution is 6.09. The molecule has 0 nitrogen and oxygen atoms in total.